The average molecular weight is 416 g/mol. The fourth-order valence-corrected chi connectivity index (χ4v) is 4.33. The summed E-state index contributed by atoms with van der Waals surface area (Å²) < 4.78 is 7.82. The van der Waals surface area contributed by atoms with Gasteiger partial charge in [0, 0.05) is 30.9 Å². The van der Waals surface area contributed by atoms with Gasteiger partial charge in [0.1, 0.15) is 11.4 Å². The zero-order chi connectivity index (χ0) is 21.9. The average Bonchev–Trinajstić information content (AvgIpc) is 3.33. The van der Waals surface area contributed by atoms with Gasteiger partial charge in [0.05, 0.1) is 24.1 Å². The van der Waals surface area contributed by atoms with Crippen molar-refractivity contribution in [3.8, 4) is 17.0 Å². The minimum Gasteiger partial charge on any atom is -0.497 e. The third kappa shape index (κ3) is 2.64. The summed E-state index contributed by atoms with van der Waals surface area (Å²) in [6.45, 7) is 0. The molecule has 0 bridgehead atoms. The van der Waals surface area contributed by atoms with Crippen molar-refractivity contribution in [3.63, 3.8) is 0 Å². The highest BCUT2D eigenvalue weighted by atomic mass is 16.5. The second-order valence-electron chi connectivity index (χ2n) is 7.58. The number of methoxy groups -OCH3 is 1. The van der Waals surface area contributed by atoms with Gasteiger partial charge >= 0.3 is 5.69 Å². The molecule has 0 saturated heterocycles. The van der Waals surface area contributed by atoms with Crippen LogP contribution in [0.4, 0.5) is 5.69 Å². The Bertz CT molecular complexity index is 1490. The van der Waals surface area contributed by atoms with Crippen LogP contribution in [-0.4, -0.2) is 27.1 Å². The molecule has 1 amide bonds. The molecule has 2 aromatic carbocycles. The van der Waals surface area contributed by atoms with Crippen LogP contribution in [0, 0.1) is 0 Å². The van der Waals surface area contributed by atoms with E-state index in [2.05, 4.69) is 10.3 Å². The molecule has 156 valence electrons. The van der Waals surface area contributed by atoms with Crippen molar-refractivity contribution in [2.75, 3.05) is 12.4 Å². The van der Waals surface area contributed by atoms with Crippen molar-refractivity contribution in [3.05, 3.63) is 80.5 Å². The minimum absolute atomic E-state index is 0.220. The van der Waals surface area contributed by atoms with E-state index in [1.54, 1.807) is 14.2 Å². The maximum atomic E-state index is 13.2. The number of aromatic amines is 1. The number of hydrogen-bond acceptors (Lipinski definition) is 4. The van der Waals surface area contributed by atoms with Crippen molar-refractivity contribution in [1.82, 2.24) is 14.1 Å². The minimum atomic E-state index is -0.698. The van der Waals surface area contributed by atoms with Gasteiger partial charge in [0.2, 0.25) is 5.91 Å². The molecule has 1 aliphatic heterocycles. The number of anilines is 1. The molecule has 4 aromatic rings. The van der Waals surface area contributed by atoms with Crippen LogP contribution in [-0.2, 0) is 18.9 Å². The lowest BCUT2D eigenvalue weighted by Gasteiger charge is -2.12. The Hall–Kier alpha value is -4.07. The van der Waals surface area contributed by atoms with Crippen LogP contribution in [0.2, 0.25) is 0 Å². The van der Waals surface area contributed by atoms with Crippen LogP contribution < -0.4 is 21.3 Å². The molecule has 8 heteroatoms. The lowest BCUT2D eigenvalue weighted by atomic mass is 9.89. The van der Waals surface area contributed by atoms with Gasteiger partial charge in [-0.15, -0.1) is 0 Å². The fraction of sp³-hybridized carbons (Fsp3) is 0.174. The summed E-state index contributed by atoms with van der Waals surface area (Å²) in [7, 11) is 4.61. The number of nitrogens with one attached hydrogen (secondary N) is 2. The number of carbonyl (C=O) groups excluding carboxylic acids is 1. The monoisotopic (exact) mass is 416 g/mol. The standard InChI is InChI=1S/C23H20N4O4/c1-26-20-18(22(29)27(2)23(26)30)17(16-14-9-4-5-10-15(14)24-21(16)28)19(25-20)12-7-6-8-13(11-12)31-3/h4-11,16,25H,1-3H3,(H,24,28). The SMILES string of the molecule is COc1cccc(-c2[nH]c3c(c2C2C(=O)Nc4ccccc42)c(=O)n(C)c(=O)n3C)c1. The fourth-order valence-electron chi connectivity index (χ4n) is 4.33. The number of aromatic nitrogens is 3. The van der Waals surface area contributed by atoms with Gasteiger partial charge in [-0.1, -0.05) is 30.3 Å². The van der Waals surface area contributed by atoms with Crippen molar-refractivity contribution in [2.24, 2.45) is 14.1 Å². The van der Waals surface area contributed by atoms with E-state index >= 15 is 0 Å². The number of aryl methyl sites for hydroxylation is 1. The Labute approximate surface area is 176 Å². The quantitative estimate of drug-likeness (QED) is 0.536. The Morgan fingerprint density at radius 2 is 1.74 bits per heavy atom. The van der Waals surface area contributed by atoms with Crippen LogP contribution >= 0.6 is 0 Å². The maximum Gasteiger partial charge on any atom is 0.332 e. The highest BCUT2D eigenvalue weighted by Gasteiger charge is 2.37. The normalized spacial score (nSPS) is 15.2. The first-order valence-electron chi connectivity index (χ1n) is 9.78. The number of H-pyrrole nitrogens is 1. The third-order valence-electron chi connectivity index (χ3n) is 5.89. The van der Waals surface area contributed by atoms with Crippen molar-refractivity contribution >= 4 is 22.6 Å². The molecular weight excluding hydrogens is 396 g/mol. The van der Waals surface area contributed by atoms with Crippen molar-refractivity contribution in [2.45, 2.75) is 5.92 Å². The Morgan fingerprint density at radius 3 is 2.52 bits per heavy atom. The second-order valence-corrected chi connectivity index (χ2v) is 7.58. The number of benzene rings is 2. The van der Waals surface area contributed by atoms with E-state index in [4.69, 9.17) is 4.74 Å². The van der Waals surface area contributed by atoms with E-state index in [0.717, 1.165) is 15.7 Å². The summed E-state index contributed by atoms with van der Waals surface area (Å²) in [5.41, 5.74) is 2.87. The molecule has 1 unspecified atom stereocenters. The topological polar surface area (TPSA) is 98.1 Å². The molecule has 2 aromatic heterocycles. The Kier molecular flexibility index (Phi) is 4.11. The van der Waals surface area contributed by atoms with Gasteiger partial charge in [-0.05, 0) is 23.8 Å². The zero-order valence-electron chi connectivity index (χ0n) is 17.2. The van der Waals surface area contributed by atoms with Gasteiger partial charge in [-0.2, -0.15) is 0 Å². The van der Waals surface area contributed by atoms with E-state index in [9.17, 15) is 14.4 Å². The van der Waals surface area contributed by atoms with E-state index in [1.807, 2.05) is 48.5 Å². The van der Waals surface area contributed by atoms with Crippen molar-refractivity contribution < 1.29 is 9.53 Å². The lowest BCUT2D eigenvalue weighted by molar-refractivity contribution is -0.116. The summed E-state index contributed by atoms with van der Waals surface area (Å²) in [4.78, 5) is 42.1. The molecule has 1 atom stereocenters. The van der Waals surface area contributed by atoms with Crippen LogP contribution in [0.15, 0.2) is 58.1 Å². The lowest BCUT2D eigenvalue weighted by Crippen LogP contribution is -2.37. The molecule has 0 fully saturated rings. The number of rotatable bonds is 3. The number of para-hydroxylation sites is 1. The Morgan fingerprint density at radius 1 is 0.968 bits per heavy atom. The predicted octanol–water partition coefficient (Wildman–Crippen LogP) is 2.32. The van der Waals surface area contributed by atoms with Crippen LogP contribution in [0.25, 0.3) is 22.3 Å². The number of nitrogens with zero attached hydrogens (tertiary/aromatic N) is 2. The molecule has 3 heterocycles. The number of ether oxygens (including phenoxy) is 1. The summed E-state index contributed by atoms with van der Waals surface area (Å²) in [5.74, 6) is -0.279. The first kappa shape index (κ1) is 18.9. The summed E-state index contributed by atoms with van der Waals surface area (Å²) in [6, 6.07) is 14.8. The number of fused-ring (bicyclic) bond motifs is 2. The van der Waals surface area contributed by atoms with E-state index in [-0.39, 0.29) is 5.91 Å². The van der Waals surface area contributed by atoms with Gasteiger partial charge in [-0.25, -0.2) is 4.79 Å². The summed E-state index contributed by atoms with van der Waals surface area (Å²) >= 11 is 0. The van der Waals surface area contributed by atoms with Gasteiger partial charge < -0.3 is 15.0 Å². The van der Waals surface area contributed by atoms with Crippen molar-refractivity contribution in [1.29, 1.82) is 0 Å². The molecule has 31 heavy (non-hydrogen) atoms. The van der Waals surface area contributed by atoms with Gasteiger partial charge in [0.25, 0.3) is 5.56 Å². The first-order chi connectivity index (χ1) is 14.9. The van der Waals surface area contributed by atoms with Gasteiger partial charge in [0.15, 0.2) is 0 Å². The molecule has 1 aliphatic rings. The van der Waals surface area contributed by atoms with Crippen LogP contribution in [0.3, 0.4) is 0 Å². The molecule has 0 saturated carbocycles. The predicted molar refractivity (Wildman–Crippen MR) is 118 cm³/mol. The number of carbonyl (C=O) groups is 1. The van der Waals surface area contributed by atoms with E-state index < -0.39 is 17.2 Å². The molecule has 0 spiro atoms. The van der Waals surface area contributed by atoms with Crippen LogP contribution in [0.1, 0.15) is 17.0 Å². The molecule has 2 N–H and O–H groups in total. The molecule has 0 aliphatic carbocycles. The van der Waals surface area contributed by atoms with Gasteiger partial charge in [-0.3, -0.25) is 18.7 Å². The smallest absolute Gasteiger partial charge is 0.332 e. The Balaban J connectivity index is 1.93. The summed E-state index contributed by atoms with van der Waals surface area (Å²) in [5, 5.41) is 3.23. The molecule has 5 rings (SSSR count). The first-order valence-corrected chi connectivity index (χ1v) is 9.78. The van der Waals surface area contributed by atoms with E-state index in [1.165, 1.54) is 11.6 Å². The second kappa shape index (κ2) is 6.73. The van der Waals surface area contributed by atoms with Crippen LogP contribution in [0.5, 0.6) is 5.75 Å². The number of hydrogen-bond donors (Lipinski definition) is 2. The highest BCUT2D eigenvalue weighted by Crippen LogP contribution is 2.43. The summed E-state index contributed by atoms with van der Waals surface area (Å²) in [6.07, 6.45) is 0. The number of amides is 1. The third-order valence-corrected chi connectivity index (χ3v) is 5.89. The molecule has 8 nitrogen and oxygen atoms in total. The maximum absolute atomic E-state index is 13.2. The van der Waals surface area contributed by atoms with E-state index in [0.29, 0.717) is 33.7 Å². The molecule has 0 radical (unpaired) electrons. The highest BCUT2D eigenvalue weighted by molar-refractivity contribution is 6.08. The largest absolute Gasteiger partial charge is 0.497 e. The molecular formula is C23H20N4O4. The zero-order valence-corrected chi connectivity index (χ0v) is 17.2.